The summed E-state index contributed by atoms with van der Waals surface area (Å²) < 4.78 is 0.891. The first kappa shape index (κ1) is 29.7. The normalized spacial score (nSPS) is 14.1. The third kappa shape index (κ3) is 8.61. The van der Waals surface area contributed by atoms with Gasteiger partial charge in [0.25, 0.3) is 0 Å². The summed E-state index contributed by atoms with van der Waals surface area (Å²) in [7, 11) is 0. The maximum atomic E-state index is 12.6. The van der Waals surface area contributed by atoms with Crippen molar-refractivity contribution < 1.29 is 4.79 Å². The van der Waals surface area contributed by atoms with E-state index in [0.29, 0.717) is 22.3 Å². The molecule has 1 fully saturated rings. The molecule has 0 atom stereocenters. The van der Waals surface area contributed by atoms with Crippen molar-refractivity contribution in [3.63, 3.8) is 0 Å². The number of thiazole rings is 1. The van der Waals surface area contributed by atoms with E-state index < -0.39 is 0 Å². The summed E-state index contributed by atoms with van der Waals surface area (Å²) in [5.74, 6) is 0.419. The molecular weight excluding hydrogens is 595 g/mol. The van der Waals surface area contributed by atoms with Gasteiger partial charge in [0, 0.05) is 48.5 Å². The second-order valence-corrected chi connectivity index (χ2v) is 12.1. The number of halogens is 3. The lowest BCUT2D eigenvalue weighted by Gasteiger charge is -2.32. The van der Waals surface area contributed by atoms with Crippen molar-refractivity contribution in [1.82, 2.24) is 25.4 Å². The maximum Gasteiger partial charge on any atom is 0.230 e. The number of carbonyl (C=O) groups excluding carboxylic acids is 1. The fourth-order valence-electron chi connectivity index (χ4n) is 4.35. The Morgan fingerprint density at radius 1 is 1.13 bits per heavy atom. The average molecular weight is 624 g/mol. The first-order valence-electron chi connectivity index (χ1n) is 12.4. The fourth-order valence-corrected chi connectivity index (χ4v) is 6.32. The number of rotatable bonds is 10. The Kier molecular flexibility index (Phi) is 11.0. The minimum atomic E-state index is 0. The lowest BCUT2D eigenvalue weighted by atomic mass is 10.0. The first-order chi connectivity index (χ1) is 18.5. The Bertz CT molecular complexity index is 1360. The van der Waals surface area contributed by atoms with Crippen LogP contribution in [0.3, 0.4) is 0 Å². The third-order valence-corrected chi connectivity index (χ3v) is 9.11. The van der Waals surface area contributed by atoms with Crippen LogP contribution in [0.15, 0.2) is 64.4 Å². The molecule has 3 N–H and O–H groups in total. The van der Waals surface area contributed by atoms with Crippen LogP contribution in [0.1, 0.15) is 24.1 Å². The molecule has 0 unspecified atom stereocenters. The van der Waals surface area contributed by atoms with Gasteiger partial charge >= 0.3 is 0 Å². The Labute approximate surface area is 252 Å². The SMILES string of the molecule is Cl.O=C(CSc1nc(-c2cccc(NCc3ccn[nH]3)c2)cs1)NC1CCN(Cc2ccc(Cl)c(Cl)c2)CC1. The van der Waals surface area contributed by atoms with Crippen molar-refractivity contribution >= 4 is 70.3 Å². The number of aromatic nitrogens is 3. The molecule has 2 aromatic heterocycles. The summed E-state index contributed by atoms with van der Waals surface area (Å²) in [5.41, 5.74) is 5.15. The van der Waals surface area contributed by atoms with E-state index in [1.807, 2.05) is 47.8 Å². The zero-order chi connectivity index (χ0) is 26.3. The van der Waals surface area contributed by atoms with Crippen molar-refractivity contribution in [1.29, 1.82) is 0 Å². The molecule has 0 aliphatic carbocycles. The third-order valence-electron chi connectivity index (χ3n) is 6.35. The summed E-state index contributed by atoms with van der Waals surface area (Å²) in [6.45, 7) is 3.38. The molecule has 12 heteroatoms. The quantitative estimate of drug-likeness (QED) is 0.170. The van der Waals surface area contributed by atoms with Gasteiger partial charge in [-0.05, 0) is 48.7 Å². The smallest absolute Gasteiger partial charge is 0.230 e. The molecule has 0 radical (unpaired) electrons. The van der Waals surface area contributed by atoms with Crippen LogP contribution in [-0.2, 0) is 17.9 Å². The van der Waals surface area contributed by atoms with Gasteiger partial charge < -0.3 is 10.6 Å². The number of nitrogens with zero attached hydrogens (tertiary/aromatic N) is 3. The highest BCUT2D eigenvalue weighted by atomic mass is 35.5. The number of H-pyrrole nitrogens is 1. The molecule has 0 saturated carbocycles. The van der Waals surface area contributed by atoms with Gasteiger partial charge in [0.2, 0.25) is 5.91 Å². The average Bonchev–Trinajstić information content (AvgIpc) is 3.62. The van der Waals surface area contributed by atoms with Crippen LogP contribution in [0, 0.1) is 0 Å². The molecule has 4 aromatic rings. The lowest BCUT2D eigenvalue weighted by molar-refractivity contribution is -0.119. The van der Waals surface area contributed by atoms with Crippen molar-refractivity contribution in [2.45, 2.75) is 36.3 Å². The van der Waals surface area contributed by atoms with Gasteiger partial charge in [0.1, 0.15) is 0 Å². The predicted molar refractivity (Wildman–Crippen MR) is 164 cm³/mol. The molecule has 206 valence electrons. The van der Waals surface area contributed by atoms with Crippen molar-refractivity contribution in [3.8, 4) is 11.3 Å². The number of amides is 1. The van der Waals surface area contributed by atoms with E-state index in [2.05, 4.69) is 31.8 Å². The molecular formula is C27H29Cl3N6OS2. The molecule has 3 heterocycles. The number of benzene rings is 2. The second kappa shape index (κ2) is 14.4. The number of hydrogen-bond donors (Lipinski definition) is 3. The van der Waals surface area contributed by atoms with Gasteiger partial charge in [0.15, 0.2) is 4.34 Å². The summed E-state index contributed by atoms with van der Waals surface area (Å²) in [4.78, 5) is 19.7. The highest BCUT2D eigenvalue weighted by molar-refractivity contribution is 8.01. The number of anilines is 1. The van der Waals surface area contributed by atoms with Crippen LogP contribution in [0.2, 0.25) is 10.0 Å². The van der Waals surface area contributed by atoms with E-state index in [-0.39, 0.29) is 24.4 Å². The van der Waals surface area contributed by atoms with Crippen molar-refractivity contribution in [2.75, 3.05) is 24.2 Å². The van der Waals surface area contributed by atoms with E-state index in [0.717, 1.165) is 65.0 Å². The van der Waals surface area contributed by atoms with Gasteiger partial charge in [-0.3, -0.25) is 14.8 Å². The van der Waals surface area contributed by atoms with Crippen LogP contribution in [0.4, 0.5) is 5.69 Å². The standard InChI is InChI=1S/C27H28Cl2N6OS2.ClH/c28-23-5-4-18(12-24(23)29)15-35-10-7-20(8-11-35)32-26(36)17-38-27-33-25(16-37-27)19-2-1-3-21(13-19)30-14-22-6-9-31-34-22;/h1-6,9,12-13,16,20,30H,7-8,10-11,14-15,17H2,(H,31,34)(H,32,36);1H. The molecule has 5 rings (SSSR count). The van der Waals surface area contributed by atoms with Gasteiger partial charge in [0.05, 0.1) is 33.7 Å². The molecule has 7 nitrogen and oxygen atoms in total. The first-order valence-corrected chi connectivity index (χ1v) is 15.0. The maximum absolute atomic E-state index is 12.6. The molecule has 39 heavy (non-hydrogen) atoms. The molecule has 0 bridgehead atoms. The minimum Gasteiger partial charge on any atom is -0.379 e. The molecule has 1 amide bonds. The van der Waals surface area contributed by atoms with E-state index in [4.69, 9.17) is 28.2 Å². The van der Waals surface area contributed by atoms with Crippen LogP contribution in [0.25, 0.3) is 11.3 Å². The lowest BCUT2D eigenvalue weighted by Crippen LogP contribution is -2.44. The van der Waals surface area contributed by atoms with E-state index in [9.17, 15) is 4.79 Å². The van der Waals surface area contributed by atoms with Crippen LogP contribution in [0.5, 0.6) is 0 Å². The highest BCUT2D eigenvalue weighted by Crippen LogP contribution is 2.30. The monoisotopic (exact) mass is 622 g/mol. The van der Waals surface area contributed by atoms with Crippen LogP contribution in [-0.4, -0.2) is 50.9 Å². The second-order valence-electron chi connectivity index (χ2n) is 9.17. The zero-order valence-electron chi connectivity index (χ0n) is 21.0. The van der Waals surface area contributed by atoms with Crippen molar-refractivity contribution in [3.05, 3.63) is 81.4 Å². The number of likely N-dealkylation sites (tertiary alicyclic amines) is 1. The van der Waals surface area contributed by atoms with E-state index in [1.54, 1.807) is 17.5 Å². The number of carbonyl (C=O) groups is 1. The van der Waals surface area contributed by atoms with Crippen molar-refractivity contribution in [2.24, 2.45) is 0 Å². The van der Waals surface area contributed by atoms with Crippen LogP contribution >= 0.6 is 58.7 Å². The fraction of sp³-hybridized carbons (Fsp3) is 0.296. The number of thioether (sulfide) groups is 1. The number of hydrogen-bond acceptors (Lipinski definition) is 7. The van der Waals surface area contributed by atoms with E-state index >= 15 is 0 Å². The molecule has 2 aromatic carbocycles. The summed E-state index contributed by atoms with van der Waals surface area (Å²) in [6, 6.07) is 16.1. The Morgan fingerprint density at radius 2 is 1.97 bits per heavy atom. The van der Waals surface area contributed by atoms with Gasteiger partial charge in [-0.1, -0.05) is 53.2 Å². The Morgan fingerprint density at radius 3 is 2.74 bits per heavy atom. The number of nitrogens with one attached hydrogen (secondary N) is 3. The summed E-state index contributed by atoms with van der Waals surface area (Å²) in [6.07, 6.45) is 3.61. The number of piperidine rings is 1. The molecule has 1 aliphatic rings. The van der Waals surface area contributed by atoms with Gasteiger partial charge in [-0.25, -0.2) is 4.98 Å². The molecule has 1 saturated heterocycles. The highest BCUT2D eigenvalue weighted by Gasteiger charge is 2.21. The number of aromatic amines is 1. The zero-order valence-corrected chi connectivity index (χ0v) is 25.0. The Balaban J connectivity index is 0.00000353. The Hall–Kier alpha value is -2.27. The van der Waals surface area contributed by atoms with Crippen LogP contribution < -0.4 is 10.6 Å². The topological polar surface area (TPSA) is 85.9 Å². The summed E-state index contributed by atoms with van der Waals surface area (Å²) in [5, 5.41) is 16.7. The van der Waals surface area contributed by atoms with Gasteiger partial charge in [-0.2, -0.15) is 5.10 Å². The van der Waals surface area contributed by atoms with Gasteiger partial charge in [-0.15, -0.1) is 23.7 Å². The minimum absolute atomic E-state index is 0. The van der Waals surface area contributed by atoms with E-state index in [1.165, 1.54) is 11.8 Å². The molecule has 0 spiro atoms. The summed E-state index contributed by atoms with van der Waals surface area (Å²) >= 11 is 15.2. The predicted octanol–water partition coefficient (Wildman–Crippen LogP) is 6.75. The largest absolute Gasteiger partial charge is 0.379 e. The molecule has 1 aliphatic heterocycles.